The number of amides is 2. The Kier molecular flexibility index (Phi) is 5.44. The number of piperidine rings is 1. The zero-order valence-electron chi connectivity index (χ0n) is 12.9. The van der Waals surface area contributed by atoms with E-state index in [1.807, 2.05) is 23.6 Å². The molecule has 114 valence electrons. The molecule has 0 saturated carbocycles. The lowest BCUT2D eigenvalue weighted by molar-refractivity contribution is -0.142. The van der Waals surface area contributed by atoms with E-state index < -0.39 is 0 Å². The number of carbonyl (C=O) groups is 2. The minimum atomic E-state index is 0.0297. The molecule has 4 nitrogen and oxygen atoms in total. The van der Waals surface area contributed by atoms with Crippen molar-refractivity contribution < 1.29 is 9.59 Å². The summed E-state index contributed by atoms with van der Waals surface area (Å²) in [6.07, 6.45) is 6.65. The lowest BCUT2D eigenvalue weighted by atomic mass is 9.95. The molecule has 0 aromatic carbocycles. The molecule has 0 bridgehead atoms. The maximum Gasteiger partial charge on any atom is 0.227 e. The van der Waals surface area contributed by atoms with Gasteiger partial charge < -0.3 is 9.80 Å². The molecule has 0 aromatic rings. The van der Waals surface area contributed by atoms with Crippen LogP contribution in [-0.2, 0) is 9.59 Å². The van der Waals surface area contributed by atoms with Gasteiger partial charge in [-0.1, -0.05) is 26.7 Å². The number of likely N-dealkylation sites (tertiary alicyclic amines) is 2. The Hall–Kier alpha value is -1.06. The first-order chi connectivity index (χ1) is 9.59. The highest BCUT2D eigenvalue weighted by Crippen LogP contribution is 2.22. The van der Waals surface area contributed by atoms with Crippen molar-refractivity contribution in [3.63, 3.8) is 0 Å². The van der Waals surface area contributed by atoms with Crippen LogP contribution in [0.4, 0.5) is 0 Å². The standard InChI is InChI=1S/C16H28N2O2/c1-13(2)15(19)18-11-7-8-14(12-18)16(20)17-9-5-3-4-6-10-17/h13-14H,3-12H2,1-2H3. The first-order valence-electron chi connectivity index (χ1n) is 8.17. The summed E-state index contributed by atoms with van der Waals surface area (Å²) in [5.41, 5.74) is 0. The number of hydrogen-bond acceptors (Lipinski definition) is 2. The predicted octanol–water partition coefficient (Wildman–Crippen LogP) is 2.28. The zero-order chi connectivity index (χ0) is 14.5. The summed E-state index contributed by atoms with van der Waals surface area (Å²) in [6, 6.07) is 0. The highest BCUT2D eigenvalue weighted by molar-refractivity contribution is 5.82. The largest absolute Gasteiger partial charge is 0.342 e. The van der Waals surface area contributed by atoms with Crippen molar-refractivity contribution in [2.24, 2.45) is 11.8 Å². The van der Waals surface area contributed by atoms with Crippen molar-refractivity contribution in [3.05, 3.63) is 0 Å². The Morgan fingerprint density at radius 1 is 0.900 bits per heavy atom. The smallest absolute Gasteiger partial charge is 0.227 e. The summed E-state index contributed by atoms with van der Waals surface area (Å²) in [6.45, 7) is 7.14. The molecule has 20 heavy (non-hydrogen) atoms. The maximum atomic E-state index is 12.6. The number of rotatable bonds is 2. The molecule has 0 spiro atoms. The molecule has 0 aromatic heterocycles. The zero-order valence-corrected chi connectivity index (χ0v) is 12.9. The number of carbonyl (C=O) groups excluding carboxylic acids is 2. The lowest BCUT2D eigenvalue weighted by Crippen LogP contribution is -2.48. The second-order valence-electron chi connectivity index (χ2n) is 6.52. The fraction of sp³-hybridized carbons (Fsp3) is 0.875. The summed E-state index contributed by atoms with van der Waals surface area (Å²) < 4.78 is 0. The van der Waals surface area contributed by atoms with Gasteiger partial charge in [0.2, 0.25) is 11.8 Å². The Morgan fingerprint density at radius 3 is 2.10 bits per heavy atom. The molecule has 2 fully saturated rings. The van der Waals surface area contributed by atoms with Crippen LogP contribution < -0.4 is 0 Å². The normalized spacial score (nSPS) is 24.6. The molecule has 0 radical (unpaired) electrons. The van der Waals surface area contributed by atoms with Gasteiger partial charge in [0, 0.05) is 32.1 Å². The van der Waals surface area contributed by atoms with Crippen molar-refractivity contribution in [2.45, 2.75) is 52.4 Å². The van der Waals surface area contributed by atoms with Gasteiger partial charge in [-0.3, -0.25) is 9.59 Å². The van der Waals surface area contributed by atoms with E-state index in [0.717, 1.165) is 45.3 Å². The van der Waals surface area contributed by atoms with Crippen LogP contribution in [0, 0.1) is 11.8 Å². The van der Waals surface area contributed by atoms with Gasteiger partial charge in [0.25, 0.3) is 0 Å². The van der Waals surface area contributed by atoms with Gasteiger partial charge in [-0.2, -0.15) is 0 Å². The first-order valence-corrected chi connectivity index (χ1v) is 8.17. The summed E-state index contributed by atoms with van der Waals surface area (Å²) in [5, 5.41) is 0. The van der Waals surface area contributed by atoms with Gasteiger partial charge in [0.1, 0.15) is 0 Å². The molecule has 4 heteroatoms. The van der Waals surface area contributed by atoms with E-state index in [4.69, 9.17) is 0 Å². The van der Waals surface area contributed by atoms with Gasteiger partial charge >= 0.3 is 0 Å². The van der Waals surface area contributed by atoms with Gasteiger partial charge in [0.15, 0.2) is 0 Å². The van der Waals surface area contributed by atoms with Gasteiger partial charge in [0.05, 0.1) is 5.92 Å². The van der Waals surface area contributed by atoms with E-state index in [0.29, 0.717) is 6.54 Å². The molecule has 1 atom stereocenters. The predicted molar refractivity (Wildman–Crippen MR) is 79.2 cm³/mol. The first kappa shape index (κ1) is 15.3. The van der Waals surface area contributed by atoms with Gasteiger partial charge in [-0.25, -0.2) is 0 Å². The second kappa shape index (κ2) is 7.09. The highest BCUT2D eigenvalue weighted by Gasteiger charge is 2.31. The van der Waals surface area contributed by atoms with Crippen LogP contribution in [0.15, 0.2) is 0 Å². The molecule has 0 aliphatic carbocycles. The summed E-state index contributed by atoms with van der Waals surface area (Å²) in [7, 11) is 0. The van der Waals surface area contributed by atoms with E-state index in [1.165, 1.54) is 12.8 Å². The lowest BCUT2D eigenvalue weighted by Gasteiger charge is -2.35. The van der Waals surface area contributed by atoms with Crippen LogP contribution in [0.2, 0.25) is 0 Å². The van der Waals surface area contributed by atoms with E-state index in [2.05, 4.69) is 0 Å². The van der Waals surface area contributed by atoms with E-state index in [1.54, 1.807) is 0 Å². The van der Waals surface area contributed by atoms with Crippen LogP contribution in [0.1, 0.15) is 52.4 Å². The van der Waals surface area contributed by atoms with E-state index in [9.17, 15) is 9.59 Å². The molecule has 2 aliphatic heterocycles. The van der Waals surface area contributed by atoms with Crippen molar-refractivity contribution in [2.75, 3.05) is 26.2 Å². The van der Waals surface area contributed by atoms with Crippen LogP contribution in [0.5, 0.6) is 0 Å². The average Bonchev–Trinajstić information content (AvgIpc) is 2.74. The van der Waals surface area contributed by atoms with Crippen LogP contribution >= 0.6 is 0 Å². The minimum absolute atomic E-state index is 0.0297. The van der Waals surface area contributed by atoms with Crippen molar-refractivity contribution in [3.8, 4) is 0 Å². The van der Waals surface area contributed by atoms with Gasteiger partial charge in [-0.05, 0) is 25.7 Å². The Labute approximate surface area is 122 Å². The van der Waals surface area contributed by atoms with Crippen molar-refractivity contribution >= 4 is 11.8 Å². The Bertz CT molecular complexity index is 346. The molecule has 1 unspecified atom stereocenters. The third-order valence-corrected chi connectivity index (χ3v) is 4.49. The average molecular weight is 280 g/mol. The van der Waals surface area contributed by atoms with E-state index in [-0.39, 0.29) is 23.7 Å². The van der Waals surface area contributed by atoms with Crippen LogP contribution in [0.3, 0.4) is 0 Å². The monoisotopic (exact) mass is 280 g/mol. The number of nitrogens with zero attached hydrogens (tertiary/aromatic N) is 2. The fourth-order valence-electron chi connectivity index (χ4n) is 3.29. The molecule has 2 rings (SSSR count). The van der Waals surface area contributed by atoms with Crippen LogP contribution in [0.25, 0.3) is 0 Å². The van der Waals surface area contributed by atoms with Crippen molar-refractivity contribution in [1.29, 1.82) is 0 Å². The molecule has 2 aliphatic rings. The highest BCUT2D eigenvalue weighted by atomic mass is 16.2. The molecule has 2 amide bonds. The third-order valence-electron chi connectivity index (χ3n) is 4.49. The summed E-state index contributed by atoms with van der Waals surface area (Å²) in [4.78, 5) is 28.7. The molecule has 0 N–H and O–H groups in total. The molecule has 2 heterocycles. The quantitative estimate of drug-likeness (QED) is 0.778. The minimum Gasteiger partial charge on any atom is -0.342 e. The number of hydrogen-bond donors (Lipinski definition) is 0. The SMILES string of the molecule is CC(C)C(=O)N1CCCC(C(=O)N2CCCCCC2)C1. The third kappa shape index (κ3) is 3.74. The Balaban J connectivity index is 1.93. The maximum absolute atomic E-state index is 12.6. The topological polar surface area (TPSA) is 40.6 Å². The molecule has 2 saturated heterocycles. The van der Waals surface area contributed by atoms with Gasteiger partial charge in [-0.15, -0.1) is 0 Å². The van der Waals surface area contributed by atoms with Crippen molar-refractivity contribution in [1.82, 2.24) is 9.80 Å². The fourth-order valence-corrected chi connectivity index (χ4v) is 3.29. The van der Waals surface area contributed by atoms with Crippen LogP contribution in [-0.4, -0.2) is 47.8 Å². The summed E-state index contributed by atoms with van der Waals surface area (Å²) >= 11 is 0. The molecular formula is C16H28N2O2. The Morgan fingerprint density at radius 2 is 1.50 bits per heavy atom. The molecular weight excluding hydrogens is 252 g/mol. The van der Waals surface area contributed by atoms with E-state index >= 15 is 0 Å². The summed E-state index contributed by atoms with van der Waals surface area (Å²) in [5.74, 6) is 0.540. The second-order valence-corrected chi connectivity index (χ2v) is 6.52.